The van der Waals surface area contributed by atoms with Crippen molar-refractivity contribution in [1.29, 1.82) is 0 Å². The van der Waals surface area contributed by atoms with Crippen LogP contribution in [0.25, 0.3) is 0 Å². The average molecular weight is 465 g/mol. The number of carbonyl (C=O) groups is 1. The van der Waals surface area contributed by atoms with Crippen molar-refractivity contribution in [2.24, 2.45) is 0 Å². The molecule has 1 aliphatic heterocycles. The Morgan fingerprint density at radius 1 is 1.09 bits per heavy atom. The minimum absolute atomic E-state index is 0.0476. The number of hydrogen-bond acceptors (Lipinski definition) is 6. The number of rotatable bonds is 6. The lowest BCUT2D eigenvalue weighted by atomic mass is 9.92. The van der Waals surface area contributed by atoms with Gasteiger partial charge < -0.3 is 30.9 Å². The first-order valence-electron chi connectivity index (χ1n) is 10.7. The lowest BCUT2D eigenvalue weighted by Crippen LogP contribution is -2.67. The molecule has 1 saturated carbocycles. The van der Waals surface area contributed by atoms with E-state index in [1.807, 2.05) is 0 Å². The van der Waals surface area contributed by atoms with E-state index < -0.39 is 46.9 Å². The molecule has 1 amide bonds. The summed E-state index contributed by atoms with van der Waals surface area (Å²) in [5, 5.41) is 35.5. The van der Waals surface area contributed by atoms with Crippen LogP contribution in [0.3, 0.4) is 0 Å². The van der Waals surface area contributed by atoms with E-state index in [1.165, 1.54) is 17.0 Å². The van der Waals surface area contributed by atoms with Gasteiger partial charge in [-0.15, -0.1) is 0 Å². The fourth-order valence-corrected chi connectivity index (χ4v) is 4.29. The van der Waals surface area contributed by atoms with Crippen LogP contribution in [0.5, 0.6) is 0 Å². The minimum atomic E-state index is -1.31. The van der Waals surface area contributed by atoms with Crippen LogP contribution in [0.4, 0.5) is 24.5 Å². The predicted molar refractivity (Wildman–Crippen MR) is 115 cm³/mol. The highest BCUT2D eigenvalue weighted by Gasteiger charge is 2.45. The molecule has 7 nitrogen and oxygen atoms in total. The molecule has 2 aromatic carbocycles. The summed E-state index contributed by atoms with van der Waals surface area (Å²) < 4.78 is 42.7. The van der Waals surface area contributed by atoms with Crippen LogP contribution in [0.1, 0.15) is 28.8 Å². The number of aryl methyl sites for hydroxylation is 1. The van der Waals surface area contributed by atoms with Gasteiger partial charge in [-0.1, -0.05) is 6.07 Å². The van der Waals surface area contributed by atoms with Gasteiger partial charge in [-0.2, -0.15) is 0 Å². The van der Waals surface area contributed by atoms with E-state index in [9.17, 15) is 33.3 Å². The maximum atomic E-state index is 14.6. The molecule has 178 valence electrons. The Labute approximate surface area is 188 Å². The van der Waals surface area contributed by atoms with Gasteiger partial charge in [-0.3, -0.25) is 4.79 Å². The Morgan fingerprint density at radius 3 is 2.39 bits per heavy atom. The van der Waals surface area contributed by atoms with Crippen LogP contribution in [0, 0.1) is 24.4 Å². The first-order chi connectivity index (χ1) is 15.6. The summed E-state index contributed by atoms with van der Waals surface area (Å²) in [5.41, 5.74) is -1.37. The summed E-state index contributed by atoms with van der Waals surface area (Å²) >= 11 is 0. The van der Waals surface area contributed by atoms with Crippen LogP contribution in [-0.2, 0) is 0 Å². The standard InChI is InChI=1S/C23H26F3N3O4/c1-12-2-5-17(16(25)6-12)28-21-14(3-4-15(24)20(21)26)22(32)29-10-23(33,11-29)9-27-13-7-18(30)19(31)8-13/h2-6,13,18-19,27-28,30-31,33H,7-11H2,1H3. The van der Waals surface area contributed by atoms with E-state index >= 15 is 0 Å². The number of aliphatic hydroxyl groups is 3. The number of anilines is 2. The number of halogens is 3. The second-order valence-corrected chi connectivity index (χ2v) is 8.96. The van der Waals surface area contributed by atoms with Crippen molar-refractivity contribution >= 4 is 17.3 Å². The van der Waals surface area contributed by atoms with Crippen molar-refractivity contribution in [3.63, 3.8) is 0 Å². The summed E-state index contributed by atoms with van der Waals surface area (Å²) in [5.74, 6) is -3.81. The third-order valence-corrected chi connectivity index (χ3v) is 6.18. The van der Waals surface area contributed by atoms with E-state index in [4.69, 9.17) is 0 Å². The largest absolute Gasteiger partial charge is 0.390 e. The van der Waals surface area contributed by atoms with Gasteiger partial charge in [0.05, 0.1) is 42.2 Å². The molecule has 5 N–H and O–H groups in total. The van der Waals surface area contributed by atoms with E-state index in [2.05, 4.69) is 10.6 Å². The number of likely N-dealkylation sites (tertiary alicyclic amines) is 1. The van der Waals surface area contributed by atoms with Crippen molar-refractivity contribution < 1.29 is 33.3 Å². The van der Waals surface area contributed by atoms with Crippen molar-refractivity contribution in [2.45, 2.75) is 43.6 Å². The van der Waals surface area contributed by atoms with Gasteiger partial charge >= 0.3 is 0 Å². The van der Waals surface area contributed by atoms with Gasteiger partial charge in [0.25, 0.3) is 5.91 Å². The third-order valence-electron chi connectivity index (χ3n) is 6.18. The fourth-order valence-electron chi connectivity index (χ4n) is 4.29. The monoisotopic (exact) mass is 465 g/mol. The highest BCUT2D eigenvalue weighted by Crippen LogP contribution is 2.32. The van der Waals surface area contributed by atoms with Crippen molar-refractivity contribution in [3.05, 3.63) is 58.9 Å². The van der Waals surface area contributed by atoms with E-state index in [0.717, 1.165) is 12.1 Å². The SMILES string of the molecule is Cc1ccc(Nc2c(C(=O)N3CC(O)(CNC4CC(O)C(O)C4)C3)ccc(F)c2F)c(F)c1. The van der Waals surface area contributed by atoms with Gasteiger partial charge in [0.2, 0.25) is 0 Å². The summed E-state index contributed by atoms with van der Waals surface area (Å²) in [4.78, 5) is 14.3. The first-order valence-corrected chi connectivity index (χ1v) is 10.7. The van der Waals surface area contributed by atoms with E-state index in [1.54, 1.807) is 13.0 Å². The average Bonchev–Trinajstić information content (AvgIpc) is 3.06. The summed E-state index contributed by atoms with van der Waals surface area (Å²) in [6, 6.07) is 5.97. The fraction of sp³-hybridized carbons (Fsp3) is 0.435. The van der Waals surface area contributed by atoms with Crippen LogP contribution in [0.15, 0.2) is 30.3 Å². The van der Waals surface area contributed by atoms with Gasteiger partial charge in [0, 0.05) is 12.6 Å². The quantitative estimate of drug-likeness (QED) is 0.446. The molecule has 2 aliphatic rings. The van der Waals surface area contributed by atoms with Gasteiger partial charge in [-0.25, -0.2) is 13.2 Å². The number of nitrogens with zero attached hydrogens (tertiary/aromatic N) is 1. The lowest BCUT2D eigenvalue weighted by Gasteiger charge is -2.47. The Morgan fingerprint density at radius 2 is 1.76 bits per heavy atom. The highest BCUT2D eigenvalue weighted by molar-refractivity contribution is 6.01. The van der Waals surface area contributed by atoms with Crippen molar-refractivity contribution in [3.8, 4) is 0 Å². The lowest BCUT2D eigenvalue weighted by molar-refractivity contribution is -0.0798. The zero-order chi connectivity index (χ0) is 23.9. The number of β-amino-alcohol motifs (C(OH)–C–C–N with tert-alkyl or cyclic N) is 1. The molecule has 1 heterocycles. The molecule has 33 heavy (non-hydrogen) atoms. The molecule has 0 spiro atoms. The number of carbonyl (C=O) groups excluding carboxylic acids is 1. The number of nitrogens with one attached hydrogen (secondary N) is 2. The molecule has 0 radical (unpaired) electrons. The van der Waals surface area contributed by atoms with Gasteiger partial charge in [0.15, 0.2) is 11.6 Å². The molecular weight excluding hydrogens is 439 g/mol. The molecule has 2 atom stereocenters. The maximum absolute atomic E-state index is 14.6. The zero-order valence-electron chi connectivity index (χ0n) is 18.0. The molecule has 4 rings (SSSR count). The molecule has 2 unspecified atom stereocenters. The summed E-state index contributed by atoms with van der Waals surface area (Å²) in [7, 11) is 0. The number of benzene rings is 2. The van der Waals surface area contributed by atoms with E-state index in [0.29, 0.717) is 18.4 Å². The van der Waals surface area contributed by atoms with E-state index in [-0.39, 0.29) is 36.9 Å². The number of aliphatic hydroxyl groups excluding tert-OH is 2. The Bertz CT molecular complexity index is 1050. The Kier molecular flexibility index (Phi) is 6.37. The molecular formula is C23H26F3N3O4. The van der Waals surface area contributed by atoms with Gasteiger partial charge in [0.1, 0.15) is 11.4 Å². The molecule has 0 aromatic heterocycles. The predicted octanol–water partition coefficient (Wildman–Crippen LogP) is 1.82. The van der Waals surface area contributed by atoms with Crippen molar-refractivity contribution in [2.75, 3.05) is 25.0 Å². The third kappa shape index (κ3) is 4.84. The Balaban J connectivity index is 1.45. The normalized spacial score (nSPS) is 24.0. The van der Waals surface area contributed by atoms with Crippen LogP contribution >= 0.6 is 0 Å². The van der Waals surface area contributed by atoms with Crippen LogP contribution < -0.4 is 10.6 Å². The zero-order valence-corrected chi connectivity index (χ0v) is 18.0. The molecule has 2 aromatic rings. The van der Waals surface area contributed by atoms with Crippen LogP contribution in [-0.4, -0.2) is 69.6 Å². The number of amides is 1. The molecule has 10 heteroatoms. The smallest absolute Gasteiger partial charge is 0.256 e. The topological polar surface area (TPSA) is 105 Å². The van der Waals surface area contributed by atoms with Crippen LogP contribution in [0.2, 0.25) is 0 Å². The molecule has 2 fully saturated rings. The Hall–Kier alpha value is -2.66. The highest BCUT2D eigenvalue weighted by atomic mass is 19.2. The second-order valence-electron chi connectivity index (χ2n) is 8.96. The molecule has 1 aliphatic carbocycles. The van der Waals surface area contributed by atoms with Crippen molar-refractivity contribution in [1.82, 2.24) is 10.2 Å². The van der Waals surface area contributed by atoms with Gasteiger partial charge in [-0.05, 0) is 49.6 Å². The minimum Gasteiger partial charge on any atom is -0.390 e. The number of hydrogen-bond donors (Lipinski definition) is 5. The summed E-state index contributed by atoms with van der Waals surface area (Å²) in [6.07, 6.45) is -0.901. The summed E-state index contributed by atoms with van der Waals surface area (Å²) in [6.45, 7) is 1.72. The first kappa shape index (κ1) is 23.5. The second kappa shape index (κ2) is 8.94. The molecule has 1 saturated heterocycles. The maximum Gasteiger partial charge on any atom is 0.256 e. The molecule has 0 bridgehead atoms.